The zero-order chi connectivity index (χ0) is 18.1. The summed E-state index contributed by atoms with van der Waals surface area (Å²) in [4.78, 5) is 27.4. The predicted octanol–water partition coefficient (Wildman–Crippen LogP) is 0.774. The van der Waals surface area contributed by atoms with Crippen molar-refractivity contribution in [2.24, 2.45) is 13.0 Å². The highest BCUT2D eigenvalue weighted by atomic mass is 16.2. The van der Waals surface area contributed by atoms with Gasteiger partial charge in [-0.15, -0.1) is 0 Å². The number of piperidine rings is 1. The highest BCUT2D eigenvalue weighted by molar-refractivity contribution is 5.92. The molecule has 0 spiro atoms. The summed E-state index contributed by atoms with van der Waals surface area (Å²) in [7, 11) is 1.79. The van der Waals surface area contributed by atoms with Gasteiger partial charge in [0, 0.05) is 45.3 Å². The average molecular weight is 356 g/mol. The van der Waals surface area contributed by atoms with Crippen LogP contribution in [0.15, 0.2) is 30.7 Å². The van der Waals surface area contributed by atoms with Crippen molar-refractivity contribution in [2.45, 2.75) is 31.2 Å². The Hall–Kier alpha value is -2.64. The van der Waals surface area contributed by atoms with E-state index in [4.69, 9.17) is 0 Å². The number of rotatable bonds is 5. The summed E-state index contributed by atoms with van der Waals surface area (Å²) in [5.41, 5.74) is -0.281. The molecule has 26 heavy (non-hydrogen) atoms. The van der Waals surface area contributed by atoms with Crippen LogP contribution < -0.4 is 5.32 Å². The van der Waals surface area contributed by atoms with Gasteiger partial charge in [-0.2, -0.15) is 10.2 Å². The molecule has 2 aromatic rings. The number of nitrogens with one attached hydrogen (secondary N) is 1. The molecule has 138 valence electrons. The smallest absolute Gasteiger partial charge is 0.274 e. The van der Waals surface area contributed by atoms with Crippen LogP contribution in [0.3, 0.4) is 0 Å². The van der Waals surface area contributed by atoms with Gasteiger partial charge in [0.15, 0.2) is 0 Å². The molecule has 1 aliphatic carbocycles. The highest BCUT2D eigenvalue weighted by Crippen LogP contribution is 2.32. The van der Waals surface area contributed by atoms with Gasteiger partial charge in [0.25, 0.3) is 5.91 Å². The summed E-state index contributed by atoms with van der Waals surface area (Å²) in [6.07, 6.45) is 8.78. The van der Waals surface area contributed by atoms with Crippen molar-refractivity contribution < 1.29 is 9.59 Å². The molecular formula is C18H24N6O2. The molecule has 0 unspecified atom stereocenters. The number of carbonyl (C=O) groups is 2. The van der Waals surface area contributed by atoms with Crippen molar-refractivity contribution in [3.8, 4) is 0 Å². The molecular weight excluding hydrogens is 332 g/mol. The largest absolute Gasteiger partial charge is 0.354 e. The second-order valence-electron chi connectivity index (χ2n) is 7.30. The Kier molecular flexibility index (Phi) is 4.26. The molecule has 1 aliphatic heterocycles. The minimum atomic E-state index is -0.723. The number of aryl methyl sites for hydroxylation is 1. The van der Waals surface area contributed by atoms with Gasteiger partial charge in [-0.1, -0.05) is 0 Å². The Bertz CT molecular complexity index is 784. The third kappa shape index (κ3) is 3.11. The fourth-order valence-corrected chi connectivity index (χ4v) is 3.58. The maximum absolute atomic E-state index is 13.0. The van der Waals surface area contributed by atoms with Crippen molar-refractivity contribution in [3.63, 3.8) is 0 Å². The summed E-state index contributed by atoms with van der Waals surface area (Å²) in [5.74, 6) is 0.551. The maximum atomic E-state index is 13.0. The lowest BCUT2D eigenvalue weighted by Crippen LogP contribution is -2.56. The maximum Gasteiger partial charge on any atom is 0.274 e. The quantitative estimate of drug-likeness (QED) is 0.858. The number of aromatic nitrogens is 4. The minimum absolute atomic E-state index is 0.0121. The number of hydrogen-bond acceptors (Lipinski definition) is 4. The molecule has 0 radical (unpaired) electrons. The van der Waals surface area contributed by atoms with E-state index >= 15 is 0 Å². The van der Waals surface area contributed by atoms with Gasteiger partial charge < -0.3 is 10.2 Å². The third-order valence-electron chi connectivity index (χ3n) is 5.42. The van der Waals surface area contributed by atoms with Crippen LogP contribution in [0, 0.1) is 5.92 Å². The summed E-state index contributed by atoms with van der Waals surface area (Å²) in [6, 6.07) is 3.56. The zero-order valence-corrected chi connectivity index (χ0v) is 15.0. The first-order valence-corrected chi connectivity index (χ1v) is 9.16. The van der Waals surface area contributed by atoms with Crippen LogP contribution in [0.5, 0.6) is 0 Å². The van der Waals surface area contributed by atoms with Crippen molar-refractivity contribution in [1.29, 1.82) is 0 Å². The topological polar surface area (TPSA) is 85.0 Å². The molecule has 1 N–H and O–H groups in total. The van der Waals surface area contributed by atoms with E-state index in [0.717, 1.165) is 6.54 Å². The van der Waals surface area contributed by atoms with Crippen molar-refractivity contribution in [1.82, 2.24) is 29.8 Å². The first-order valence-electron chi connectivity index (χ1n) is 9.16. The second kappa shape index (κ2) is 6.59. The molecule has 2 amide bonds. The standard InChI is InChI=1S/C18H24N6O2/c1-22-10-5-15(21-22)16(25)23-11-6-18(7-12-23,24-9-2-8-20-24)17(26)19-13-14-3-4-14/h2,5,8-10,14H,3-4,6-7,11-13H2,1H3,(H,19,26). The predicted molar refractivity (Wildman–Crippen MR) is 94.3 cm³/mol. The van der Waals surface area contributed by atoms with Crippen molar-refractivity contribution >= 4 is 11.8 Å². The first kappa shape index (κ1) is 16.8. The number of nitrogens with zero attached hydrogens (tertiary/aromatic N) is 5. The lowest BCUT2D eigenvalue weighted by molar-refractivity contribution is -0.133. The Morgan fingerprint density at radius 2 is 2.04 bits per heavy atom. The lowest BCUT2D eigenvalue weighted by atomic mass is 9.86. The minimum Gasteiger partial charge on any atom is -0.354 e. The van der Waals surface area contributed by atoms with Gasteiger partial charge in [-0.05, 0) is 43.7 Å². The normalized spacial score (nSPS) is 19.3. The van der Waals surface area contributed by atoms with Gasteiger partial charge in [0.2, 0.25) is 5.91 Å². The molecule has 1 saturated heterocycles. The molecule has 0 bridgehead atoms. The van der Waals surface area contributed by atoms with Crippen LogP contribution in [0.2, 0.25) is 0 Å². The van der Waals surface area contributed by atoms with E-state index in [2.05, 4.69) is 15.5 Å². The molecule has 0 atom stereocenters. The molecule has 8 heteroatoms. The number of hydrogen-bond donors (Lipinski definition) is 1. The molecule has 2 aliphatic rings. The summed E-state index contributed by atoms with van der Waals surface area (Å²) in [5, 5.41) is 11.6. The third-order valence-corrected chi connectivity index (χ3v) is 5.42. The van der Waals surface area contributed by atoms with E-state index in [9.17, 15) is 9.59 Å². The van der Waals surface area contributed by atoms with Crippen LogP contribution in [0.1, 0.15) is 36.2 Å². The fourth-order valence-electron chi connectivity index (χ4n) is 3.58. The zero-order valence-electron chi connectivity index (χ0n) is 15.0. The Morgan fingerprint density at radius 3 is 2.62 bits per heavy atom. The van der Waals surface area contributed by atoms with E-state index in [1.807, 2.05) is 12.3 Å². The Morgan fingerprint density at radius 1 is 1.27 bits per heavy atom. The Labute approximate surface area is 152 Å². The van der Waals surface area contributed by atoms with Gasteiger partial charge in [-0.25, -0.2) is 0 Å². The van der Waals surface area contributed by atoms with E-state index in [1.54, 1.807) is 39.8 Å². The summed E-state index contributed by atoms with van der Waals surface area (Å²) in [6.45, 7) is 1.75. The van der Waals surface area contributed by atoms with Crippen LogP contribution in [-0.4, -0.2) is 55.9 Å². The second-order valence-corrected chi connectivity index (χ2v) is 7.30. The molecule has 4 rings (SSSR count). The van der Waals surface area contributed by atoms with E-state index < -0.39 is 5.54 Å². The van der Waals surface area contributed by atoms with Crippen LogP contribution >= 0.6 is 0 Å². The van der Waals surface area contributed by atoms with Crippen molar-refractivity contribution in [3.05, 3.63) is 36.4 Å². The highest BCUT2D eigenvalue weighted by Gasteiger charge is 2.45. The van der Waals surface area contributed by atoms with Gasteiger partial charge >= 0.3 is 0 Å². The molecule has 0 aromatic carbocycles. The monoisotopic (exact) mass is 356 g/mol. The summed E-state index contributed by atoms with van der Waals surface area (Å²) >= 11 is 0. The molecule has 3 heterocycles. The van der Waals surface area contributed by atoms with E-state index in [-0.39, 0.29) is 11.8 Å². The number of carbonyl (C=O) groups excluding carboxylic acids is 2. The molecule has 2 fully saturated rings. The van der Waals surface area contributed by atoms with E-state index in [1.165, 1.54) is 12.8 Å². The van der Waals surface area contributed by atoms with Crippen molar-refractivity contribution in [2.75, 3.05) is 19.6 Å². The Balaban J connectivity index is 1.48. The fraction of sp³-hybridized carbons (Fsp3) is 0.556. The van der Waals surface area contributed by atoms with Gasteiger partial charge in [0.05, 0.1) is 0 Å². The van der Waals surface area contributed by atoms with Crippen LogP contribution in [-0.2, 0) is 17.4 Å². The van der Waals surface area contributed by atoms with Gasteiger partial charge in [-0.3, -0.25) is 19.0 Å². The number of amides is 2. The molecule has 1 saturated carbocycles. The number of likely N-dealkylation sites (tertiary alicyclic amines) is 1. The van der Waals surface area contributed by atoms with Crippen LogP contribution in [0.4, 0.5) is 0 Å². The average Bonchev–Trinajstić information content (AvgIpc) is 3.12. The first-order chi connectivity index (χ1) is 12.6. The SMILES string of the molecule is Cn1ccc(C(=O)N2CCC(C(=O)NCC3CC3)(n3cccn3)CC2)n1. The lowest BCUT2D eigenvalue weighted by Gasteiger charge is -2.40. The van der Waals surface area contributed by atoms with Crippen LogP contribution in [0.25, 0.3) is 0 Å². The molecule has 2 aromatic heterocycles. The van der Waals surface area contributed by atoms with E-state index in [0.29, 0.717) is 37.5 Å². The van der Waals surface area contributed by atoms with Gasteiger partial charge in [0.1, 0.15) is 11.2 Å². The summed E-state index contributed by atoms with van der Waals surface area (Å²) < 4.78 is 3.38. The molecule has 8 nitrogen and oxygen atoms in total.